The van der Waals surface area contributed by atoms with Crippen LogP contribution in [0, 0.1) is 0 Å². The number of rotatable bonds is 4. The summed E-state index contributed by atoms with van der Waals surface area (Å²) >= 11 is 13.9. The Labute approximate surface area is 137 Å². The summed E-state index contributed by atoms with van der Waals surface area (Å²) in [6.07, 6.45) is 3.70. The van der Waals surface area contributed by atoms with E-state index >= 15 is 0 Å². The minimum Gasteiger partial charge on any atom is -0.306 e. The van der Waals surface area contributed by atoms with Crippen LogP contribution in [0.25, 0.3) is 10.8 Å². The van der Waals surface area contributed by atoms with Gasteiger partial charge in [-0.25, -0.2) is 0 Å². The van der Waals surface area contributed by atoms with Gasteiger partial charge in [-0.1, -0.05) is 48.3 Å². The van der Waals surface area contributed by atoms with E-state index in [4.69, 9.17) is 23.2 Å². The number of nitrogens with zero attached hydrogens (tertiary/aromatic N) is 1. The molecule has 2 heterocycles. The van der Waals surface area contributed by atoms with Gasteiger partial charge in [0.15, 0.2) is 0 Å². The summed E-state index contributed by atoms with van der Waals surface area (Å²) in [5.74, 6) is 0. The molecular weight excluding hydrogens is 323 g/mol. The first-order valence-electron chi connectivity index (χ1n) is 6.71. The maximum atomic E-state index is 6.36. The Kier molecular flexibility index (Phi) is 4.45. The molecule has 2 nitrogen and oxygen atoms in total. The first-order valence-corrected chi connectivity index (χ1v) is 8.28. The molecule has 0 fully saturated rings. The highest BCUT2D eigenvalue weighted by molar-refractivity contribution is 7.20. The zero-order chi connectivity index (χ0) is 14.8. The highest BCUT2D eigenvalue weighted by atomic mass is 35.5. The van der Waals surface area contributed by atoms with E-state index in [1.165, 1.54) is 22.3 Å². The first kappa shape index (κ1) is 14.8. The van der Waals surface area contributed by atoms with Gasteiger partial charge < -0.3 is 5.32 Å². The lowest BCUT2D eigenvalue weighted by Gasteiger charge is -2.20. The molecular formula is C16H14Cl2N2S. The Hall–Kier alpha value is -1.13. The van der Waals surface area contributed by atoms with Crippen molar-refractivity contribution in [1.82, 2.24) is 10.3 Å². The van der Waals surface area contributed by atoms with E-state index in [1.54, 1.807) is 0 Å². The van der Waals surface area contributed by atoms with Crippen molar-refractivity contribution in [2.24, 2.45) is 0 Å². The predicted octanol–water partition coefficient (Wildman–Crippen LogP) is 5.30. The summed E-state index contributed by atoms with van der Waals surface area (Å²) in [6.45, 7) is 2.93. The summed E-state index contributed by atoms with van der Waals surface area (Å²) in [4.78, 5) is 4.19. The Morgan fingerprint density at radius 1 is 1.24 bits per heavy atom. The van der Waals surface area contributed by atoms with Crippen molar-refractivity contribution in [3.05, 3.63) is 62.5 Å². The van der Waals surface area contributed by atoms with Crippen molar-refractivity contribution in [2.75, 3.05) is 6.54 Å². The summed E-state index contributed by atoms with van der Waals surface area (Å²) in [5, 5.41) is 5.80. The molecule has 0 amide bonds. The monoisotopic (exact) mass is 336 g/mol. The average Bonchev–Trinajstić information content (AvgIpc) is 2.83. The maximum Gasteiger partial charge on any atom is 0.0995 e. The van der Waals surface area contributed by atoms with Crippen molar-refractivity contribution < 1.29 is 0 Å². The number of pyridine rings is 1. The fourth-order valence-electron chi connectivity index (χ4n) is 2.54. The van der Waals surface area contributed by atoms with E-state index in [0.717, 1.165) is 21.8 Å². The molecule has 3 aromatic rings. The summed E-state index contributed by atoms with van der Waals surface area (Å²) in [5.41, 5.74) is 2.21. The normalized spacial score (nSPS) is 12.7. The molecule has 0 radical (unpaired) electrons. The smallest absolute Gasteiger partial charge is 0.0995 e. The molecule has 3 rings (SSSR count). The second-order valence-electron chi connectivity index (χ2n) is 4.71. The number of fused-ring (bicyclic) bond motifs is 1. The molecule has 0 bridgehead atoms. The third-order valence-corrected chi connectivity index (χ3v) is 4.95. The van der Waals surface area contributed by atoms with E-state index in [9.17, 15) is 0 Å². The van der Waals surface area contributed by atoms with Crippen LogP contribution in [0.5, 0.6) is 0 Å². The third kappa shape index (κ3) is 2.92. The van der Waals surface area contributed by atoms with Crippen LogP contribution in [0.4, 0.5) is 0 Å². The standard InChI is InChI=1S/C16H14Cl2N2S/c1-2-20-15(13-8-14(17)21-16(13)18)12-5-3-4-10-9-19-7-6-11(10)12/h3-9,15,20H,2H2,1H3. The van der Waals surface area contributed by atoms with Gasteiger partial charge in [0, 0.05) is 23.3 Å². The van der Waals surface area contributed by atoms with Gasteiger partial charge in [-0.15, -0.1) is 11.3 Å². The highest BCUT2D eigenvalue weighted by Gasteiger charge is 2.20. The van der Waals surface area contributed by atoms with Crippen LogP contribution in [0.3, 0.4) is 0 Å². The second kappa shape index (κ2) is 6.32. The quantitative estimate of drug-likeness (QED) is 0.698. The van der Waals surface area contributed by atoms with Crippen LogP contribution < -0.4 is 5.32 Å². The summed E-state index contributed by atoms with van der Waals surface area (Å²) in [6, 6.07) is 10.2. The van der Waals surface area contributed by atoms with Gasteiger partial charge in [0.1, 0.15) is 0 Å². The van der Waals surface area contributed by atoms with Crippen LogP contribution in [0.2, 0.25) is 8.67 Å². The van der Waals surface area contributed by atoms with Gasteiger partial charge in [0.25, 0.3) is 0 Å². The zero-order valence-corrected chi connectivity index (χ0v) is 13.8. The lowest BCUT2D eigenvalue weighted by molar-refractivity contribution is 0.636. The van der Waals surface area contributed by atoms with E-state index in [-0.39, 0.29) is 6.04 Å². The Bertz CT molecular complexity index is 765. The fourth-order valence-corrected chi connectivity index (χ4v) is 4.07. The molecule has 1 atom stereocenters. The fraction of sp³-hybridized carbons (Fsp3) is 0.188. The molecule has 0 aliphatic rings. The van der Waals surface area contributed by atoms with E-state index in [1.807, 2.05) is 30.6 Å². The molecule has 1 N–H and O–H groups in total. The second-order valence-corrected chi connectivity index (χ2v) is 7.00. The van der Waals surface area contributed by atoms with E-state index in [0.29, 0.717) is 4.34 Å². The third-order valence-electron chi connectivity index (χ3n) is 3.43. The molecule has 0 saturated heterocycles. The molecule has 5 heteroatoms. The van der Waals surface area contributed by atoms with Gasteiger partial charge in [0.05, 0.1) is 14.7 Å². The van der Waals surface area contributed by atoms with Crippen LogP contribution in [0.15, 0.2) is 42.7 Å². The Balaban J connectivity index is 2.18. The lowest BCUT2D eigenvalue weighted by atomic mass is 9.96. The van der Waals surface area contributed by atoms with Gasteiger partial charge in [0.2, 0.25) is 0 Å². The molecule has 108 valence electrons. The number of hydrogen-bond acceptors (Lipinski definition) is 3. The summed E-state index contributed by atoms with van der Waals surface area (Å²) in [7, 11) is 0. The van der Waals surface area contributed by atoms with Gasteiger partial charge >= 0.3 is 0 Å². The molecule has 21 heavy (non-hydrogen) atoms. The minimum atomic E-state index is 0.0253. The van der Waals surface area contributed by atoms with E-state index < -0.39 is 0 Å². The molecule has 0 spiro atoms. The van der Waals surface area contributed by atoms with Crippen molar-refractivity contribution in [3.8, 4) is 0 Å². The zero-order valence-electron chi connectivity index (χ0n) is 11.4. The van der Waals surface area contributed by atoms with Gasteiger partial charge in [-0.05, 0) is 29.6 Å². The lowest BCUT2D eigenvalue weighted by Crippen LogP contribution is -2.22. The number of halogens is 2. The molecule has 1 unspecified atom stereocenters. The van der Waals surface area contributed by atoms with Crippen LogP contribution in [-0.4, -0.2) is 11.5 Å². The Morgan fingerprint density at radius 3 is 2.81 bits per heavy atom. The van der Waals surface area contributed by atoms with Crippen LogP contribution >= 0.6 is 34.5 Å². The number of benzene rings is 1. The van der Waals surface area contributed by atoms with Crippen LogP contribution in [-0.2, 0) is 0 Å². The number of hydrogen-bond donors (Lipinski definition) is 1. The molecule has 2 aromatic heterocycles. The summed E-state index contributed by atoms with van der Waals surface area (Å²) < 4.78 is 1.44. The first-order chi connectivity index (χ1) is 10.2. The molecule has 0 saturated carbocycles. The molecule has 0 aliphatic heterocycles. The topological polar surface area (TPSA) is 24.9 Å². The molecule has 1 aromatic carbocycles. The SMILES string of the molecule is CCNC(c1cc(Cl)sc1Cl)c1cccc2cnccc12. The highest BCUT2D eigenvalue weighted by Crippen LogP contribution is 2.39. The maximum absolute atomic E-state index is 6.36. The Morgan fingerprint density at radius 2 is 2.10 bits per heavy atom. The van der Waals surface area contributed by atoms with Crippen molar-refractivity contribution in [1.29, 1.82) is 0 Å². The van der Waals surface area contributed by atoms with Gasteiger partial charge in [-0.2, -0.15) is 0 Å². The average molecular weight is 337 g/mol. The van der Waals surface area contributed by atoms with Crippen molar-refractivity contribution in [3.63, 3.8) is 0 Å². The number of thiophene rings is 1. The van der Waals surface area contributed by atoms with Crippen molar-refractivity contribution >= 4 is 45.3 Å². The number of nitrogens with one attached hydrogen (secondary N) is 1. The minimum absolute atomic E-state index is 0.0253. The van der Waals surface area contributed by atoms with Crippen LogP contribution in [0.1, 0.15) is 24.1 Å². The predicted molar refractivity (Wildman–Crippen MR) is 91.6 cm³/mol. The largest absolute Gasteiger partial charge is 0.306 e. The van der Waals surface area contributed by atoms with Crippen molar-refractivity contribution in [2.45, 2.75) is 13.0 Å². The molecule has 0 aliphatic carbocycles. The van der Waals surface area contributed by atoms with Gasteiger partial charge in [-0.3, -0.25) is 4.98 Å². The number of aromatic nitrogens is 1. The van der Waals surface area contributed by atoms with E-state index in [2.05, 4.69) is 29.4 Å².